The van der Waals surface area contributed by atoms with Gasteiger partial charge in [-0.05, 0) is 19.1 Å². The van der Waals surface area contributed by atoms with Crippen LogP contribution in [0.15, 0.2) is 60.0 Å². The van der Waals surface area contributed by atoms with Crippen molar-refractivity contribution in [3.8, 4) is 12.3 Å². The molecular weight excluding hydrogens is 265 g/mol. The minimum atomic E-state index is -1.22. The van der Waals surface area contributed by atoms with Crippen LogP contribution < -0.4 is 0 Å². The molecule has 0 aliphatic carbocycles. The number of alkyl halides is 2. The molecule has 1 nitrogen and oxygen atoms in total. The Kier molecular flexibility index (Phi) is 4.51. The Morgan fingerprint density at radius 3 is 2.33 bits per heavy atom. The van der Waals surface area contributed by atoms with Crippen molar-refractivity contribution in [1.82, 2.24) is 4.90 Å². The molecule has 0 fully saturated rings. The summed E-state index contributed by atoms with van der Waals surface area (Å²) in [6.07, 6.45) is 12.2. The molecule has 0 bridgehead atoms. The van der Waals surface area contributed by atoms with E-state index in [-0.39, 0.29) is 0 Å². The molecule has 0 N–H and O–H groups in total. The molecule has 1 rings (SSSR count). The summed E-state index contributed by atoms with van der Waals surface area (Å²) in [6, 6.07) is 0. The second-order valence-corrected chi connectivity index (χ2v) is 5.07. The lowest BCUT2D eigenvalue weighted by atomic mass is 9.93. The van der Waals surface area contributed by atoms with Gasteiger partial charge in [0, 0.05) is 29.6 Å². The predicted octanol–water partition coefficient (Wildman–Crippen LogP) is 4.20. The summed E-state index contributed by atoms with van der Waals surface area (Å²) in [4.78, 5) is 1.94. The quantitative estimate of drug-likeness (QED) is 0.541. The fourth-order valence-corrected chi connectivity index (χ4v) is 2.69. The molecule has 0 amide bonds. The third kappa shape index (κ3) is 2.14. The van der Waals surface area contributed by atoms with E-state index in [9.17, 15) is 0 Å². The van der Waals surface area contributed by atoms with E-state index in [4.69, 9.17) is 29.6 Å². The van der Waals surface area contributed by atoms with Gasteiger partial charge in [0.05, 0.1) is 0 Å². The number of rotatable bonds is 2. The standard InChI is InChI=1S/C15H15Cl2N/c1-6-10-12-14(9-4)18(5)13(8-3)11(7-2)15(12,16)17/h1,7-10H,2-3H2,4-5H3/b12-10+,14-9+. The fraction of sp³-hybridized carbons (Fsp3) is 0.200. The molecule has 1 aliphatic rings. The van der Waals surface area contributed by atoms with Crippen LogP contribution >= 0.6 is 23.2 Å². The van der Waals surface area contributed by atoms with Gasteiger partial charge in [-0.15, -0.1) is 6.42 Å². The Hall–Kier alpha value is -1.36. The van der Waals surface area contributed by atoms with Gasteiger partial charge >= 0.3 is 0 Å². The van der Waals surface area contributed by atoms with Gasteiger partial charge in [0.15, 0.2) is 4.33 Å². The highest BCUT2D eigenvalue weighted by molar-refractivity contribution is 6.53. The second kappa shape index (κ2) is 5.52. The van der Waals surface area contributed by atoms with Gasteiger partial charge in [0.1, 0.15) is 0 Å². The first kappa shape index (κ1) is 14.7. The van der Waals surface area contributed by atoms with Gasteiger partial charge < -0.3 is 4.90 Å². The lowest BCUT2D eigenvalue weighted by molar-refractivity contribution is 0.515. The molecule has 94 valence electrons. The zero-order valence-electron chi connectivity index (χ0n) is 10.5. The summed E-state index contributed by atoms with van der Waals surface area (Å²) >= 11 is 12.9. The first-order chi connectivity index (χ1) is 8.45. The summed E-state index contributed by atoms with van der Waals surface area (Å²) in [5.41, 5.74) is 3.02. The van der Waals surface area contributed by atoms with E-state index in [0.717, 1.165) is 11.4 Å². The molecule has 0 saturated carbocycles. The average Bonchev–Trinajstić information content (AvgIpc) is 2.33. The fourth-order valence-electron chi connectivity index (χ4n) is 2.03. The first-order valence-corrected chi connectivity index (χ1v) is 6.15. The number of hydrogen-bond acceptors (Lipinski definition) is 1. The van der Waals surface area contributed by atoms with Crippen LogP contribution in [-0.2, 0) is 0 Å². The highest BCUT2D eigenvalue weighted by Gasteiger charge is 2.41. The lowest BCUT2D eigenvalue weighted by Gasteiger charge is -2.39. The third-order valence-electron chi connectivity index (χ3n) is 2.85. The zero-order valence-corrected chi connectivity index (χ0v) is 12.0. The number of hydrogen-bond donors (Lipinski definition) is 0. The molecule has 3 heteroatoms. The van der Waals surface area contributed by atoms with Crippen molar-refractivity contribution < 1.29 is 0 Å². The number of halogens is 2. The zero-order chi connectivity index (χ0) is 13.9. The van der Waals surface area contributed by atoms with Gasteiger partial charge in [-0.1, -0.05) is 54.4 Å². The van der Waals surface area contributed by atoms with E-state index in [1.165, 1.54) is 0 Å². The highest BCUT2D eigenvalue weighted by atomic mass is 35.5. The maximum absolute atomic E-state index is 6.45. The van der Waals surface area contributed by atoms with E-state index in [1.807, 2.05) is 24.9 Å². The molecule has 0 aromatic carbocycles. The molecular formula is C15H15Cl2N. The summed E-state index contributed by atoms with van der Waals surface area (Å²) in [7, 11) is 1.91. The van der Waals surface area contributed by atoms with Crippen LogP contribution in [0.3, 0.4) is 0 Å². The normalized spacial score (nSPS) is 23.2. The van der Waals surface area contributed by atoms with Crippen molar-refractivity contribution in [3.05, 3.63) is 60.0 Å². The van der Waals surface area contributed by atoms with Gasteiger partial charge in [0.25, 0.3) is 0 Å². The van der Waals surface area contributed by atoms with Crippen LogP contribution in [0.5, 0.6) is 0 Å². The van der Waals surface area contributed by atoms with E-state index < -0.39 is 4.33 Å². The molecule has 0 spiro atoms. The van der Waals surface area contributed by atoms with Crippen LogP contribution in [0.25, 0.3) is 0 Å². The minimum absolute atomic E-state index is 0.666. The van der Waals surface area contributed by atoms with E-state index in [1.54, 1.807) is 18.2 Å². The third-order valence-corrected chi connectivity index (χ3v) is 3.66. The second-order valence-electron chi connectivity index (χ2n) is 3.74. The van der Waals surface area contributed by atoms with Gasteiger partial charge in [0.2, 0.25) is 0 Å². The summed E-state index contributed by atoms with van der Waals surface area (Å²) < 4.78 is -1.22. The van der Waals surface area contributed by atoms with Crippen molar-refractivity contribution in [2.45, 2.75) is 11.3 Å². The molecule has 18 heavy (non-hydrogen) atoms. The molecule has 0 saturated heterocycles. The first-order valence-electron chi connectivity index (χ1n) is 5.40. The van der Waals surface area contributed by atoms with Crippen LogP contribution in [0.2, 0.25) is 0 Å². The molecule has 0 aromatic rings. The molecule has 0 radical (unpaired) electrons. The van der Waals surface area contributed by atoms with Crippen molar-refractivity contribution in [1.29, 1.82) is 0 Å². The van der Waals surface area contributed by atoms with Crippen molar-refractivity contribution in [3.63, 3.8) is 0 Å². The Morgan fingerprint density at radius 2 is 1.94 bits per heavy atom. The topological polar surface area (TPSA) is 3.24 Å². The summed E-state index contributed by atoms with van der Waals surface area (Å²) in [5.74, 6) is 2.47. The van der Waals surface area contributed by atoms with Crippen LogP contribution in [0.4, 0.5) is 0 Å². The Balaban J connectivity index is 3.70. The van der Waals surface area contributed by atoms with E-state index in [0.29, 0.717) is 11.1 Å². The lowest BCUT2D eigenvalue weighted by Crippen LogP contribution is -2.35. The molecule has 1 aliphatic heterocycles. The van der Waals surface area contributed by atoms with Crippen LogP contribution in [-0.4, -0.2) is 16.3 Å². The molecule has 0 atom stereocenters. The maximum atomic E-state index is 6.45. The largest absolute Gasteiger partial charge is 0.344 e. The van der Waals surface area contributed by atoms with Crippen molar-refractivity contribution >= 4 is 23.2 Å². The minimum Gasteiger partial charge on any atom is -0.344 e. The number of nitrogens with zero attached hydrogens (tertiary/aromatic N) is 1. The predicted molar refractivity (Wildman–Crippen MR) is 80.3 cm³/mol. The summed E-state index contributed by atoms with van der Waals surface area (Å²) in [5, 5.41) is 0. The summed E-state index contributed by atoms with van der Waals surface area (Å²) in [6.45, 7) is 9.45. The van der Waals surface area contributed by atoms with Crippen molar-refractivity contribution in [2.75, 3.05) is 7.05 Å². The Labute approximate surface area is 119 Å². The van der Waals surface area contributed by atoms with Gasteiger partial charge in [-0.3, -0.25) is 0 Å². The van der Waals surface area contributed by atoms with E-state index in [2.05, 4.69) is 19.1 Å². The van der Waals surface area contributed by atoms with Crippen molar-refractivity contribution in [2.24, 2.45) is 0 Å². The highest BCUT2D eigenvalue weighted by Crippen LogP contribution is 2.48. The number of allylic oxidation sites excluding steroid dienone is 6. The SMILES string of the molecule is C#C/C=C1\C(=C/C)N(C)C(C=C)=C(C=C)C1(Cl)Cl. The molecule has 0 unspecified atom stereocenters. The Morgan fingerprint density at radius 1 is 1.33 bits per heavy atom. The van der Waals surface area contributed by atoms with Crippen LogP contribution in [0, 0.1) is 12.3 Å². The van der Waals surface area contributed by atoms with E-state index >= 15 is 0 Å². The van der Waals surface area contributed by atoms with Gasteiger partial charge in [-0.25, -0.2) is 0 Å². The average molecular weight is 280 g/mol. The van der Waals surface area contributed by atoms with Gasteiger partial charge in [-0.2, -0.15) is 0 Å². The van der Waals surface area contributed by atoms with Crippen LogP contribution in [0.1, 0.15) is 6.92 Å². The number of likely N-dealkylation sites (N-methyl/N-ethyl adjacent to an activating group) is 1. The molecule has 0 aromatic heterocycles. The Bertz CT molecular complexity index is 513. The smallest absolute Gasteiger partial charge is 0.172 e. The number of terminal acetylenes is 1. The maximum Gasteiger partial charge on any atom is 0.172 e. The molecule has 1 heterocycles. The monoisotopic (exact) mass is 279 g/mol.